The van der Waals surface area contributed by atoms with Gasteiger partial charge in [-0.1, -0.05) is 17.7 Å². The van der Waals surface area contributed by atoms with Gasteiger partial charge < -0.3 is 0 Å². The molecule has 0 atom stereocenters. The fraction of sp³-hybridized carbons (Fsp3) is 0.222. The third-order valence-electron chi connectivity index (χ3n) is 1.56. The van der Waals surface area contributed by atoms with Crippen molar-refractivity contribution in [1.29, 1.82) is 0 Å². The van der Waals surface area contributed by atoms with Gasteiger partial charge in [-0.2, -0.15) is 0 Å². The van der Waals surface area contributed by atoms with Crippen molar-refractivity contribution in [3.8, 4) is 0 Å². The molecule has 70 valence electrons. The summed E-state index contributed by atoms with van der Waals surface area (Å²) in [6.07, 6.45) is 0.309. The maximum atomic E-state index is 11.5. The highest BCUT2D eigenvalue weighted by molar-refractivity contribution is 9.10. The molecule has 1 aromatic rings. The molecule has 4 heteroatoms. The summed E-state index contributed by atoms with van der Waals surface area (Å²) in [7, 11) is 0. The second-order valence-corrected chi connectivity index (χ2v) is 4.10. The van der Waals surface area contributed by atoms with Gasteiger partial charge in [0.05, 0.1) is 10.6 Å². The molecule has 0 aliphatic carbocycles. The van der Waals surface area contributed by atoms with Crippen molar-refractivity contribution in [3.05, 3.63) is 33.3 Å². The normalized spacial score (nSPS) is 10.1. The Labute approximate surface area is 95.2 Å². The molecule has 0 fully saturated rings. The van der Waals surface area contributed by atoms with Crippen LogP contribution in [0, 0.1) is 0 Å². The number of halogens is 3. The lowest BCUT2D eigenvalue weighted by Crippen LogP contribution is -2.01. The summed E-state index contributed by atoms with van der Waals surface area (Å²) >= 11 is 14.6. The van der Waals surface area contributed by atoms with Gasteiger partial charge in [-0.25, -0.2) is 0 Å². The molecular formula is C9H7BrCl2O. The smallest absolute Gasteiger partial charge is 0.166 e. The number of hydrogen-bond donors (Lipinski definition) is 0. The fourth-order valence-electron chi connectivity index (χ4n) is 0.975. The van der Waals surface area contributed by atoms with Crippen LogP contribution in [0.1, 0.15) is 16.8 Å². The molecule has 0 saturated heterocycles. The number of alkyl halides is 1. The summed E-state index contributed by atoms with van der Waals surface area (Å²) in [6.45, 7) is 0. The van der Waals surface area contributed by atoms with Crippen molar-refractivity contribution in [3.63, 3.8) is 0 Å². The van der Waals surface area contributed by atoms with E-state index in [0.29, 0.717) is 22.9 Å². The predicted molar refractivity (Wildman–Crippen MR) is 58.8 cm³/mol. The van der Waals surface area contributed by atoms with Crippen LogP contribution >= 0.6 is 39.1 Å². The molecular weight excluding hydrogens is 275 g/mol. The van der Waals surface area contributed by atoms with E-state index in [2.05, 4.69) is 15.9 Å². The first kappa shape index (κ1) is 11.0. The van der Waals surface area contributed by atoms with E-state index in [1.54, 1.807) is 18.2 Å². The van der Waals surface area contributed by atoms with Crippen LogP contribution in [-0.4, -0.2) is 11.7 Å². The van der Waals surface area contributed by atoms with Gasteiger partial charge in [0, 0.05) is 16.8 Å². The number of hydrogen-bond acceptors (Lipinski definition) is 1. The first-order valence-corrected chi connectivity index (χ1v) is 5.40. The SMILES string of the molecule is O=C(CCCl)c1c(Cl)cccc1Br. The van der Waals surface area contributed by atoms with Gasteiger partial charge in [-0.05, 0) is 28.1 Å². The Hall–Kier alpha value is -0.0500. The van der Waals surface area contributed by atoms with Crippen molar-refractivity contribution in [1.82, 2.24) is 0 Å². The van der Waals surface area contributed by atoms with Gasteiger partial charge in [-0.3, -0.25) is 4.79 Å². The zero-order valence-electron chi connectivity index (χ0n) is 6.69. The second-order valence-electron chi connectivity index (χ2n) is 2.46. The van der Waals surface area contributed by atoms with E-state index in [4.69, 9.17) is 23.2 Å². The van der Waals surface area contributed by atoms with E-state index in [-0.39, 0.29) is 5.78 Å². The van der Waals surface area contributed by atoms with Crippen molar-refractivity contribution in [2.45, 2.75) is 6.42 Å². The third-order valence-corrected chi connectivity index (χ3v) is 2.73. The highest BCUT2D eigenvalue weighted by Crippen LogP contribution is 2.25. The van der Waals surface area contributed by atoms with E-state index in [1.807, 2.05) is 0 Å². The Morgan fingerprint density at radius 1 is 1.46 bits per heavy atom. The Balaban J connectivity index is 3.05. The number of Topliss-reactive ketones (excluding diaryl/α,β-unsaturated/α-hetero) is 1. The minimum absolute atomic E-state index is 0.0347. The molecule has 0 bridgehead atoms. The minimum Gasteiger partial charge on any atom is -0.294 e. The topological polar surface area (TPSA) is 17.1 Å². The fourth-order valence-corrected chi connectivity index (χ4v) is 2.13. The van der Waals surface area contributed by atoms with Gasteiger partial charge in [0.1, 0.15) is 0 Å². The Bertz CT molecular complexity index is 305. The molecule has 0 aliphatic heterocycles. The summed E-state index contributed by atoms with van der Waals surface area (Å²) in [5, 5.41) is 0.462. The maximum Gasteiger partial charge on any atom is 0.166 e. The predicted octanol–water partition coefficient (Wildman–Crippen LogP) is 3.91. The van der Waals surface area contributed by atoms with Crippen LogP contribution in [0.3, 0.4) is 0 Å². The van der Waals surface area contributed by atoms with Gasteiger partial charge in [0.25, 0.3) is 0 Å². The Morgan fingerprint density at radius 3 is 2.69 bits per heavy atom. The van der Waals surface area contributed by atoms with E-state index >= 15 is 0 Å². The molecule has 0 saturated carbocycles. The Kier molecular flexibility index (Phi) is 4.23. The average molecular weight is 282 g/mol. The maximum absolute atomic E-state index is 11.5. The quantitative estimate of drug-likeness (QED) is 0.606. The van der Waals surface area contributed by atoms with Crippen molar-refractivity contribution < 1.29 is 4.79 Å². The lowest BCUT2D eigenvalue weighted by atomic mass is 10.1. The molecule has 0 unspecified atom stereocenters. The van der Waals surface area contributed by atoms with Crippen molar-refractivity contribution >= 4 is 44.9 Å². The highest BCUT2D eigenvalue weighted by Gasteiger charge is 2.12. The molecule has 0 spiro atoms. The molecule has 0 heterocycles. The molecule has 0 N–H and O–H groups in total. The number of benzene rings is 1. The van der Waals surface area contributed by atoms with Gasteiger partial charge in [0.15, 0.2) is 5.78 Å². The standard InChI is InChI=1S/C9H7BrCl2O/c10-6-2-1-3-7(12)9(6)8(13)4-5-11/h1-3H,4-5H2. The minimum atomic E-state index is -0.0347. The van der Waals surface area contributed by atoms with Crippen molar-refractivity contribution in [2.24, 2.45) is 0 Å². The number of rotatable bonds is 3. The lowest BCUT2D eigenvalue weighted by molar-refractivity contribution is 0.0988. The zero-order valence-corrected chi connectivity index (χ0v) is 9.79. The number of carbonyl (C=O) groups is 1. The first-order valence-electron chi connectivity index (χ1n) is 3.70. The molecule has 0 aromatic heterocycles. The van der Waals surface area contributed by atoms with E-state index in [1.165, 1.54) is 0 Å². The number of ketones is 1. The van der Waals surface area contributed by atoms with E-state index in [0.717, 1.165) is 4.47 Å². The van der Waals surface area contributed by atoms with Crippen LogP contribution in [0.4, 0.5) is 0 Å². The monoisotopic (exact) mass is 280 g/mol. The second kappa shape index (κ2) is 4.99. The van der Waals surface area contributed by atoms with Crippen molar-refractivity contribution in [2.75, 3.05) is 5.88 Å². The molecule has 1 nitrogen and oxygen atoms in total. The molecule has 1 rings (SSSR count). The average Bonchev–Trinajstić information content (AvgIpc) is 2.04. The highest BCUT2D eigenvalue weighted by atomic mass is 79.9. The van der Waals surface area contributed by atoms with Crippen LogP contribution < -0.4 is 0 Å². The van der Waals surface area contributed by atoms with Crippen LogP contribution in [0.2, 0.25) is 5.02 Å². The lowest BCUT2D eigenvalue weighted by Gasteiger charge is -2.03. The summed E-state index contributed by atoms with van der Waals surface area (Å²) < 4.78 is 0.718. The van der Waals surface area contributed by atoms with Crippen LogP contribution in [0.25, 0.3) is 0 Å². The van der Waals surface area contributed by atoms with Crippen LogP contribution in [0.5, 0.6) is 0 Å². The van der Waals surface area contributed by atoms with Crippen LogP contribution in [-0.2, 0) is 0 Å². The largest absolute Gasteiger partial charge is 0.294 e. The third kappa shape index (κ3) is 2.70. The molecule has 0 aliphatic rings. The summed E-state index contributed by atoms with van der Waals surface area (Å²) in [5.74, 6) is 0.281. The van der Waals surface area contributed by atoms with Gasteiger partial charge >= 0.3 is 0 Å². The van der Waals surface area contributed by atoms with E-state index < -0.39 is 0 Å². The first-order chi connectivity index (χ1) is 6.16. The molecule has 13 heavy (non-hydrogen) atoms. The number of carbonyl (C=O) groups excluding carboxylic acids is 1. The summed E-state index contributed by atoms with van der Waals surface area (Å²) in [4.78, 5) is 11.5. The molecule has 1 aromatic carbocycles. The zero-order chi connectivity index (χ0) is 9.84. The van der Waals surface area contributed by atoms with Gasteiger partial charge in [-0.15, -0.1) is 11.6 Å². The Morgan fingerprint density at radius 2 is 2.15 bits per heavy atom. The molecule has 0 radical (unpaired) electrons. The molecule has 0 amide bonds. The van der Waals surface area contributed by atoms with Crippen LogP contribution in [0.15, 0.2) is 22.7 Å². The summed E-state index contributed by atoms with van der Waals surface area (Å²) in [6, 6.07) is 5.25. The summed E-state index contributed by atoms with van der Waals surface area (Å²) in [5.41, 5.74) is 0.518. The van der Waals surface area contributed by atoms with Gasteiger partial charge in [0.2, 0.25) is 0 Å². The van der Waals surface area contributed by atoms with E-state index in [9.17, 15) is 4.79 Å².